The summed E-state index contributed by atoms with van der Waals surface area (Å²) in [7, 11) is 0. The number of rotatable bonds is 1. The lowest BCUT2D eigenvalue weighted by molar-refractivity contribution is -0.147. The quantitative estimate of drug-likeness (QED) is 0.753. The molecule has 0 aromatic rings. The standard InChI is InChI=1S/C18H23N3O2/c19-10-14-16(22)21-17(23)15(11-20)18(14)8-6-13(7-9-18)12-4-2-1-3-5-12/h12-15H,1-9H2,(H,21,22,23)/t13?,14-,15+,18?. The van der Waals surface area contributed by atoms with Gasteiger partial charge in [-0.15, -0.1) is 0 Å². The predicted molar refractivity (Wildman–Crippen MR) is 82.3 cm³/mol. The zero-order valence-electron chi connectivity index (χ0n) is 13.4. The summed E-state index contributed by atoms with van der Waals surface area (Å²) >= 11 is 0. The van der Waals surface area contributed by atoms with E-state index in [1.54, 1.807) is 0 Å². The van der Waals surface area contributed by atoms with E-state index in [1.807, 2.05) is 0 Å². The first kappa shape index (κ1) is 16.0. The van der Waals surface area contributed by atoms with Crippen molar-refractivity contribution in [3.05, 3.63) is 0 Å². The lowest BCUT2D eigenvalue weighted by Gasteiger charge is -2.48. The zero-order chi connectivity index (χ0) is 16.4. The number of piperidine rings is 1. The number of carbonyl (C=O) groups excluding carboxylic acids is 2. The summed E-state index contributed by atoms with van der Waals surface area (Å²) in [6.45, 7) is 0. The largest absolute Gasteiger partial charge is 0.294 e. The van der Waals surface area contributed by atoms with Crippen LogP contribution in [-0.2, 0) is 9.59 Å². The maximum atomic E-state index is 12.1. The molecule has 0 aromatic carbocycles. The Morgan fingerprint density at radius 1 is 0.826 bits per heavy atom. The van der Waals surface area contributed by atoms with Gasteiger partial charge in [0.1, 0.15) is 11.8 Å². The van der Waals surface area contributed by atoms with Crippen LogP contribution in [0.2, 0.25) is 0 Å². The highest BCUT2D eigenvalue weighted by Crippen LogP contribution is 2.53. The summed E-state index contributed by atoms with van der Waals surface area (Å²) in [5.41, 5.74) is -0.770. The van der Waals surface area contributed by atoms with E-state index < -0.39 is 29.1 Å². The third-order valence-electron chi connectivity index (χ3n) is 6.46. The lowest BCUT2D eigenvalue weighted by atomic mass is 9.54. The summed E-state index contributed by atoms with van der Waals surface area (Å²) in [4.78, 5) is 24.2. The highest BCUT2D eigenvalue weighted by atomic mass is 16.2. The molecule has 3 aliphatic rings. The number of nitrogens with zero attached hydrogens (tertiary/aromatic N) is 2. The Hall–Kier alpha value is -1.88. The Balaban J connectivity index is 1.80. The van der Waals surface area contributed by atoms with Gasteiger partial charge in [0.05, 0.1) is 12.1 Å². The van der Waals surface area contributed by atoms with Crippen molar-refractivity contribution in [1.82, 2.24) is 5.32 Å². The second-order valence-electron chi connectivity index (χ2n) is 7.45. The van der Waals surface area contributed by atoms with E-state index in [-0.39, 0.29) is 0 Å². The van der Waals surface area contributed by atoms with Gasteiger partial charge in [-0.1, -0.05) is 32.1 Å². The molecule has 1 heterocycles. The average Bonchev–Trinajstić information content (AvgIpc) is 2.57. The molecule has 122 valence electrons. The SMILES string of the molecule is N#C[C@@H]1C(=O)NC(=O)[C@H](C#N)C12CCC(C1CCCCC1)CC2. The second kappa shape index (κ2) is 6.32. The van der Waals surface area contributed by atoms with Gasteiger partial charge < -0.3 is 0 Å². The maximum Gasteiger partial charge on any atom is 0.244 e. The van der Waals surface area contributed by atoms with Crippen LogP contribution >= 0.6 is 0 Å². The molecule has 0 aromatic heterocycles. The van der Waals surface area contributed by atoms with Crippen molar-refractivity contribution in [2.75, 3.05) is 0 Å². The molecular formula is C18H23N3O2. The van der Waals surface area contributed by atoms with Crippen molar-refractivity contribution >= 4 is 11.8 Å². The van der Waals surface area contributed by atoms with E-state index in [1.165, 1.54) is 32.1 Å². The number of amides is 2. The lowest BCUT2D eigenvalue weighted by Crippen LogP contribution is -2.58. The number of nitriles is 2. The van der Waals surface area contributed by atoms with E-state index in [9.17, 15) is 20.1 Å². The molecule has 2 amide bonds. The Labute approximate surface area is 137 Å². The average molecular weight is 313 g/mol. The second-order valence-corrected chi connectivity index (χ2v) is 7.45. The molecule has 23 heavy (non-hydrogen) atoms. The van der Waals surface area contributed by atoms with Gasteiger partial charge in [0, 0.05) is 5.41 Å². The summed E-state index contributed by atoms with van der Waals surface area (Å²) < 4.78 is 0. The molecule has 1 saturated heterocycles. The number of hydrogen-bond donors (Lipinski definition) is 1. The van der Waals surface area contributed by atoms with Crippen LogP contribution in [-0.4, -0.2) is 11.8 Å². The molecular weight excluding hydrogens is 290 g/mol. The van der Waals surface area contributed by atoms with Crippen LogP contribution in [0.15, 0.2) is 0 Å². The van der Waals surface area contributed by atoms with Crippen LogP contribution in [0.25, 0.3) is 0 Å². The minimum atomic E-state index is -0.878. The van der Waals surface area contributed by atoms with Gasteiger partial charge in [0.2, 0.25) is 11.8 Å². The summed E-state index contributed by atoms with van der Waals surface area (Å²) in [5, 5.41) is 21.1. The van der Waals surface area contributed by atoms with Crippen molar-refractivity contribution in [3.63, 3.8) is 0 Å². The first-order chi connectivity index (χ1) is 11.1. The van der Waals surface area contributed by atoms with Gasteiger partial charge in [-0.25, -0.2) is 0 Å². The van der Waals surface area contributed by atoms with Crippen molar-refractivity contribution in [2.45, 2.75) is 57.8 Å². The van der Waals surface area contributed by atoms with Gasteiger partial charge >= 0.3 is 0 Å². The fraction of sp³-hybridized carbons (Fsp3) is 0.778. The molecule has 1 spiro atoms. The maximum absolute atomic E-state index is 12.1. The molecule has 5 nitrogen and oxygen atoms in total. The third-order valence-corrected chi connectivity index (χ3v) is 6.46. The Bertz CT molecular complexity index is 538. The van der Waals surface area contributed by atoms with Crippen molar-refractivity contribution in [3.8, 4) is 12.1 Å². The Kier molecular flexibility index (Phi) is 4.39. The highest BCUT2D eigenvalue weighted by Gasteiger charge is 2.57. The predicted octanol–water partition coefficient (Wildman–Crippen LogP) is 2.68. The molecule has 2 atom stereocenters. The van der Waals surface area contributed by atoms with Gasteiger partial charge in [0.25, 0.3) is 0 Å². The van der Waals surface area contributed by atoms with Crippen LogP contribution in [0, 0.1) is 51.7 Å². The summed E-state index contributed by atoms with van der Waals surface area (Å²) in [6.07, 6.45) is 9.64. The van der Waals surface area contributed by atoms with Crippen molar-refractivity contribution in [1.29, 1.82) is 10.5 Å². The number of hydrogen-bond acceptors (Lipinski definition) is 4. The molecule has 1 N–H and O–H groups in total. The first-order valence-corrected chi connectivity index (χ1v) is 8.76. The van der Waals surface area contributed by atoms with E-state index in [0.717, 1.165) is 18.8 Å². The van der Waals surface area contributed by atoms with Crippen LogP contribution in [0.5, 0.6) is 0 Å². The van der Waals surface area contributed by atoms with Crippen molar-refractivity contribution in [2.24, 2.45) is 29.1 Å². The molecule has 0 unspecified atom stereocenters. The molecule has 5 heteroatoms. The van der Waals surface area contributed by atoms with Crippen LogP contribution in [0.3, 0.4) is 0 Å². The molecule has 3 fully saturated rings. The van der Waals surface area contributed by atoms with Crippen LogP contribution in [0.1, 0.15) is 57.8 Å². The highest BCUT2D eigenvalue weighted by molar-refractivity contribution is 6.03. The molecule has 0 radical (unpaired) electrons. The van der Waals surface area contributed by atoms with Crippen LogP contribution in [0.4, 0.5) is 0 Å². The fourth-order valence-electron chi connectivity index (χ4n) is 5.16. The van der Waals surface area contributed by atoms with Gasteiger partial charge in [-0.3, -0.25) is 14.9 Å². The summed E-state index contributed by atoms with van der Waals surface area (Å²) in [5.74, 6) is -1.41. The van der Waals surface area contributed by atoms with E-state index in [2.05, 4.69) is 17.5 Å². The minimum Gasteiger partial charge on any atom is -0.294 e. The fourth-order valence-corrected chi connectivity index (χ4v) is 5.16. The monoisotopic (exact) mass is 313 g/mol. The first-order valence-electron chi connectivity index (χ1n) is 8.76. The van der Waals surface area contributed by atoms with E-state index in [0.29, 0.717) is 18.8 Å². The molecule has 1 aliphatic heterocycles. The molecule has 3 rings (SSSR count). The Morgan fingerprint density at radius 3 is 1.78 bits per heavy atom. The normalized spacial score (nSPS) is 38.6. The molecule has 0 bridgehead atoms. The van der Waals surface area contributed by atoms with E-state index in [4.69, 9.17) is 0 Å². The van der Waals surface area contributed by atoms with Crippen molar-refractivity contribution < 1.29 is 9.59 Å². The van der Waals surface area contributed by atoms with Gasteiger partial charge in [-0.2, -0.15) is 10.5 Å². The molecule has 2 aliphatic carbocycles. The van der Waals surface area contributed by atoms with Crippen LogP contribution < -0.4 is 5.32 Å². The van der Waals surface area contributed by atoms with Gasteiger partial charge in [0.15, 0.2) is 0 Å². The molecule has 2 saturated carbocycles. The number of imide groups is 1. The summed E-state index contributed by atoms with van der Waals surface area (Å²) in [6, 6.07) is 4.16. The topological polar surface area (TPSA) is 93.8 Å². The number of nitrogens with one attached hydrogen (secondary N) is 1. The third kappa shape index (κ3) is 2.63. The smallest absolute Gasteiger partial charge is 0.244 e. The number of carbonyl (C=O) groups is 2. The zero-order valence-corrected chi connectivity index (χ0v) is 13.4. The van der Waals surface area contributed by atoms with E-state index >= 15 is 0 Å². The Morgan fingerprint density at radius 2 is 1.30 bits per heavy atom. The minimum absolute atomic E-state index is 0.514. The van der Waals surface area contributed by atoms with Gasteiger partial charge in [-0.05, 0) is 37.5 Å².